The van der Waals surface area contributed by atoms with E-state index in [-0.39, 0.29) is 0 Å². The van der Waals surface area contributed by atoms with Gasteiger partial charge in [0.2, 0.25) is 0 Å². The van der Waals surface area contributed by atoms with Gasteiger partial charge in [-0.2, -0.15) is 0 Å². The monoisotopic (exact) mass is 588 g/mol. The third kappa shape index (κ3) is 4.36. The molecule has 1 heterocycles. The van der Waals surface area contributed by atoms with Crippen LogP contribution in [0.4, 0.5) is 0 Å². The van der Waals surface area contributed by atoms with E-state index < -0.39 is 0 Å². The molecule has 0 aliphatic heterocycles. The minimum absolute atomic E-state index is 1.23. The second-order valence-corrected chi connectivity index (χ2v) is 12.8. The van der Waals surface area contributed by atoms with E-state index in [0.29, 0.717) is 0 Å². The zero-order valence-corrected chi connectivity index (χ0v) is 25.4. The highest BCUT2D eigenvalue weighted by molar-refractivity contribution is 7.25. The molecule has 0 saturated heterocycles. The molecule has 1 heteroatoms. The average Bonchev–Trinajstić information content (AvgIpc) is 3.49. The molecule has 0 aliphatic carbocycles. The summed E-state index contributed by atoms with van der Waals surface area (Å²) in [5.41, 5.74) is 9.96. The van der Waals surface area contributed by atoms with Crippen molar-refractivity contribution in [3.63, 3.8) is 0 Å². The molecule has 0 unspecified atom stereocenters. The molecule has 45 heavy (non-hydrogen) atoms. The number of thiophene rings is 1. The summed E-state index contributed by atoms with van der Waals surface area (Å²) in [5, 5.41) is 7.73. The van der Waals surface area contributed by atoms with Crippen LogP contribution in [0.15, 0.2) is 170 Å². The summed E-state index contributed by atoms with van der Waals surface area (Å²) in [7, 11) is 0. The van der Waals surface area contributed by atoms with E-state index in [1.165, 1.54) is 86.2 Å². The lowest BCUT2D eigenvalue weighted by Crippen LogP contribution is -1.92. The first-order valence-corrected chi connectivity index (χ1v) is 16.2. The molecule has 0 radical (unpaired) electrons. The highest BCUT2D eigenvalue weighted by Crippen LogP contribution is 2.46. The van der Waals surface area contributed by atoms with Crippen LogP contribution in [0.5, 0.6) is 0 Å². The van der Waals surface area contributed by atoms with Crippen LogP contribution in [-0.2, 0) is 0 Å². The van der Waals surface area contributed by atoms with Gasteiger partial charge in [0.15, 0.2) is 0 Å². The molecular formula is C44H28S. The van der Waals surface area contributed by atoms with Crippen molar-refractivity contribution in [2.24, 2.45) is 0 Å². The van der Waals surface area contributed by atoms with Crippen LogP contribution in [0.3, 0.4) is 0 Å². The molecule has 0 fully saturated rings. The number of hydrogen-bond donors (Lipinski definition) is 0. The molecule has 0 spiro atoms. The van der Waals surface area contributed by atoms with Gasteiger partial charge in [-0.05, 0) is 96.4 Å². The van der Waals surface area contributed by atoms with Gasteiger partial charge in [0.1, 0.15) is 0 Å². The van der Waals surface area contributed by atoms with Crippen LogP contribution in [0.25, 0.3) is 86.2 Å². The van der Waals surface area contributed by atoms with Gasteiger partial charge >= 0.3 is 0 Å². The van der Waals surface area contributed by atoms with Crippen LogP contribution >= 0.6 is 11.3 Å². The molecule has 0 saturated carbocycles. The summed E-state index contributed by atoms with van der Waals surface area (Å²) < 4.78 is 2.67. The third-order valence-corrected chi connectivity index (χ3v) is 10.2. The largest absolute Gasteiger partial charge is 0.135 e. The Morgan fingerprint density at radius 1 is 0.244 bits per heavy atom. The molecule has 0 N–H and O–H groups in total. The molecule has 8 aromatic carbocycles. The van der Waals surface area contributed by atoms with E-state index in [2.05, 4.69) is 170 Å². The van der Waals surface area contributed by atoms with Gasteiger partial charge in [0.25, 0.3) is 0 Å². The number of benzene rings is 8. The van der Waals surface area contributed by atoms with Crippen molar-refractivity contribution >= 4 is 53.1 Å². The van der Waals surface area contributed by atoms with Crippen LogP contribution < -0.4 is 0 Å². The Labute approximate surface area is 266 Å². The summed E-state index contributed by atoms with van der Waals surface area (Å²) in [6, 6.07) is 62.3. The van der Waals surface area contributed by atoms with Crippen molar-refractivity contribution in [2.75, 3.05) is 0 Å². The van der Waals surface area contributed by atoms with Gasteiger partial charge in [-0.25, -0.2) is 0 Å². The Balaban J connectivity index is 1.37. The maximum atomic E-state index is 2.42. The van der Waals surface area contributed by atoms with Crippen molar-refractivity contribution in [3.05, 3.63) is 170 Å². The quantitative estimate of drug-likeness (QED) is 0.179. The Bertz CT molecular complexity index is 2510. The molecule has 210 valence electrons. The van der Waals surface area contributed by atoms with E-state index in [1.54, 1.807) is 0 Å². The first-order chi connectivity index (χ1) is 22.3. The van der Waals surface area contributed by atoms with Crippen LogP contribution in [0.2, 0.25) is 0 Å². The molecule has 1 aromatic heterocycles. The van der Waals surface area contributed by atoms with Crippen molar-refractivity contribution < 1.29 is 0 Å². The molecule has 0 atom stereocenters. The summed E-state index contributed by atoms with van der Waals surface area (Å²) >= 11 is 1.87. The highest BCUT2D eigenvalue weighted by Gasteiger charge is 2.18. The van der Waals surface area contributed by atoms with Gasteiger partial charge in [-0.15, -0.1) is 11.3 Å². The molecule has 9 rings (SSSR count). The molecular weight excluding hydrogens is 561 g/mol. The van der Waals surface area contributed by atoms with Crippen molar-refractivity contribution in [1.82, 2.24) is 0 Å². The fourth-order valence-electron chi connectivity index (χ4n) is 6.96. The Kier molecular flexibility index (Phi) is 6.11. The lowest BCUT2D eigenvalue weighted by atomic mass is 9.84. The minimum atomic E-state index is 1.23. The lowest BCUT2D eigenvalue weighted by molar-refractivity contribution is 1.62. The van der Waals surface area contributed by atoms with Crippen LogP contribution in [0.1, 0.15) is 0 Å². The maximum Gasteiger partial charge on any atom is 0.0355 e. The highest BCUT2D eigenvalue weighted by atomic mass is 32.1. The van der Waals surface area contributed by atoms with Crippen molar-refractivity contribution in [3.8, 4) is 44.5 Å². The molecule has 0 amide bonds. The van der Waals surface area contributed by atoms with E-state index in [1.807, 2.05) is 11.3 Å². The Hall–Kier alpha value is -5.50. The number of fused-ring (bicyclic) bond motifs is 5. The van der Waals surface area contributed by atoms with Crippen molar-refractivity contribution in [1.29, 1.82) is 0 Å². The minimum Gasteiger partial charge on any atom is -0.135 e. The predicted molar refractivity (Wildman–Crippen MR) is 196 cm³/mol. The van der Waals surface area contributed by atoms with Gasteiger partial charge in [-0.3, -0.25) is 0 Å². The maximum absolute atomic E-state index is 2.42. The van der Waals surface area contributed by atoms with E-state index in [0.717, 1.165) is 0 Å². The second kappa shape index (κ2) is 10.6. The second-order valence-electron chi connectivity index (χ2n) is 11.7. The molecule has 0 aliphatic rings. The van der Waals surface area contributed by atoms with Crippen molar-refractivity contribution in [2.45, 2.75) is 0 Å². The fraction of sp³-hybridized carbons (Fsp3) is 0. The zero-order chi connectivity index (χ0) is 29.7. The summed E-state index contributed by atoms with van der Waals surface area (Å²) in [6.45, 7) is 0. The van der Waals surface area contributed by atoms with Gasteiger partial charge in [0, 0.05) is 20.2 Å². The third-order valence-electron chi connectivity index (χ3n) is 9.06. The number of hydrogen-bond acceptors (Lipinski definition) is 1. The summed E-state index contributed by atoms with van der Waals surface area (Å²) in [4.78, 5) is 0. The molecule has 9 aromatic rings. The van der Waals surface area contributed by atoms with Crippen LogP contribution in [-0.4, -0.2) is 0 Å². The standard InChI is InChI=1S/C44H28S/c1-4-12-29(13-5-1)32-20-23-36-39(27-32)43(30-14-6-2-7-15-30)37-24-21-33(28-40(37)44(36)31-16-8-3-9-17-31)34-22-25-42-38(26-34)35-18-10-11-19-41(35)45-42/h1-28H. The summed E-state index contributed by atoms with van der Waals surface area (Å²) in [5.74, 6) is 0. The van der Waals surface area contributed by atoms with Gasteiger partial charge in [0.05, 0.1) is 0 Å². The first kappa shape index (κ1) is 25.9. The first-order valence-electron chi connectivity index (χ1n) is 15.4. The summed E-state index contributed by atoms with van der Waals surface area (Å²) in [6.07, 6.45) is 0. The molecule has 0 bridgehead atoms. The van der Waals surface area contributed by atoms with Gasteiger partial charge < -0.3 is 0 Å². The molecule has 0 nitrogen and oxygen atoms in total. The smallest absolute Gasteiger partial charge is 0.0355 e. The average molecular weight is 589 g/mol. The van der Waals surface area contributed by atoms with E-state index in [9.17, 15) is 0 Å². The Morgan fingerprint density at radius 3 is 1.24 bits per heavy atom. The fourth-order valence-corrected chi connectivity index (χ4v) is 8.04. The number of rotatable bonds is 4. The normalized spacial score (nSPS) is 11.6. The lowest BCUT2D eigenvalue weighted by Gasteiger charge is -2.19. The van der Waals surface area contributed by atoms with E-state index >= 15 is 0 Å². The van der Waals surface area contributed by atoms with Crippen LogP contribution in [0, 0.1) is 0 Å². The Morgan fingerprint density at radius 2 is 0.667 bits per heavy atom. The SMILES string of the molecule is c1ccc(-c2ccc3c(-c4ccccc4)c4cc(-c5ccc6sc7ccccc7c6c5)ccc4c(-c4ccccc4)c3c2)cc1. The van der Waals surface area contributed by atoms with E-state index in [4.69, 9.17) is 0 Å². The van der Waals surface area contributed by atoms with Gasteiger partial charge in [-0.1, -0.05) is 140 Å². The zero-order valence-electron chi connectivity index (χ0n) is 24.6. The predicted octanol–water partition coefficient (Wildman–Crippen LogP) is 13.0. The topological polar surface area (TPSA) is 0 Å².